The highest BCUT2D eigenvalue weighted by atomic mass is 16.1. The summed E-state index contributed by atoms with van der Waals surface area (Å²) in [5.74, 6) is 0.322. The lowest BCUT2D eigenvalue weighted by Crippen LogP contribution is -2.31. The zero-order chi connectivity index (χ0) is 18.4. The van der Waals surface area contributed by atoms with Crippen LogP contribution < -0.4 is 4.90 Å². The molecule has 0 heterocycles. The lowest BCUT2D eigenvalue weighted by atomic mass is 9.74. The second-order valence-electron chi connectivity index (χ2n) is 7.34. The quantitative estimate of drug-likeness (QED) is 0.460. The van der Waals surface area contributed by atoms with Crippen molar-refractivity contribution >= 4 is 11.5 Å². The van der Waals surface area contributed by atoms with Crippen molar-refractivity contribution in [3.8, 4) is 0 Å². The third-order valence-electron chi connectivity index (χ3n) is 5.59. The van der Waals surface area contributed by atoms with E-state index in [1.165, 1.54) is 18.4 Å². The van der Waals surface area contributed by atoms with E-state index in [9.17, 15) is 4.79 Å². The minimum absolute atomic E-state index is 0.322. The van der Waals surface area contributed by atoms with Crippen LogP contribution in [0.5, 0.6) is 0 Å². The topological polar surface area (TPSA) is 20.3 Å². The van der Waals surface area contributed by atoms with Crippen LogP contribution in [0.3, 0.4) is 0 Å². The summed E-state index contributed by atoms with van der Waals surface area (Å²) in [7, 11) is 2.02. The molecule has 2 aromatic rings. The molecule has 0 aromatic heterocycles. The van der Waals surface area contributed by atoms with Crippen LogP contribution in [0.4, 0.5) is 5.69 Å². The first kappa shape index (κ1) is 18.4. The number of anilines is 1. The summed E-state index contributed by atoms with van der Waals surface area (Å²) < 4.78 is 0. The number of Topliss-reactive ketones (excluding diaryl/α,β-unsaturated/α-hetero) is 1. The summed E-state index contributed by atoms with van der Waals surface area (Å²) in [6.07, 6.45) is 8.26. The average molecular weight is 348 g/mol. The Hall–Kier alpha value is -2.35. The fraction of sp³-hybridized carbons (Fsp3) is 0.375. The third kappa shape index (κ3) is 3.75. The van der Waals surface area contributed by atoms with Gasteiger partial charge in [-0.2, -0.15) is 0 Å². The van der Waals surface area contributed by atoms with Crippen molar-refractivity contribution in [2.24, 2.45) is 0 Å². The molecule has 136 valence electrons. The molecular weight excluding hydrogens is 318 g/mol. The van der Waals surface area contributed by atoms with Crippen molar-refractivity contribution < 1.29 is 4.79 Å². The van der Waals surface area contributed by atoms with E-state index in [4.69, 9.17) is 0 Å². The second kappa shape index (κ2) is 8.35. The van der Waals surface area contributed by atoms with E-state index in [1.807, 2.05) is 37.5 Å². The standard InChI is InChI=1S/C24H29NO/c1-3-4-11-17-24(21-12-7-5-8-13-21)18-16-20(23(24)26)19-25(2)22-14-9-6-10-15-22/h5-10,12-15,19H,3-4,11,16-18H2,1-2H3. The molecular formula is C24H29NO. The molecule has 0 radical (unpaired) electrons. The fourth-order valence-corrected chi connectivity index (χ4v) is 4.07. The maximum Gasteiger partial charge on any atom is 0.170 e. The molecule has 1 aliphatic rings. The molecule has 0 bridgehead atoms. The van der Waals surface area contributed by atoms with Gasteiger partial charge in [-0.1, -0.05) is 74.7 Å². The summed E-state index contributed by atoms with van der Waals surface area (Å²) in [4.78, 5) is 15.6. The van der Waals surface area contributed by atoms with Crippen molar-refractivity contribution in [2.75, 3.05) is 11.9 Å². The summed E-state index contributed by atoms with van der Waals surface area (Å²) in [6.45, 7) is 2.21. The number of unbranched alkanes of at least 4 members (excludes halogenated alkanes) is 2. The van der Waals surface area contributed by atoms with Crippen LogP contribution in [0.15, 0.2) is 72.4 Å². The van der Waals surface area contributed by atoms with E-state index in [0.717, 1.165) is 36.9 Å². The third-order valence-corrected chi connectivity index (χ3v) is 5.59. The smallest absolute Gasteiger partial charge is 0.170 e. The summed E-state index contributed by atoms with van der Waals surface area (Å²) in [5, 5.41) is 0. The first-order valence-electron chi connectivity index (χ1n) is 9.76. The number of hydrogen-bond donors (Lipinski definition) is 0. The van der Waals surface area contributed by atoms with Gasteiger partial charge in [0.15, 0.2) is 5.78 Å². The van der Waals surface area contributed by atoms with Gasteiger partial charge >= 0.3 is 0 Å². The highest BCUT2D eigenvalue weighted by molar-refractivity contribution is 6.06. The van der Waals surface area contributed by atoms with Crippen LogP contribution in [0.25, 0.3) is 0 Å². The first-order chi connectivity index (χ1) is 12.7. The molecule has 26 heavy (non-hydrogen) atoms. The molecule has 1 unspecified atom stereocenters. The van der Waals surface area contributed by atoms with Gasteiger partial charge in [-0.3, -0.25) is 4.79 Å². The Bertz CT molecular complexity index is 750. The van der Waals surface area contributed by atoms with Gasteiger partial charge in [0.1, 0.15) is 0 Å². The van der Waals surface area contributed by atoms with Gasteiger partial charge in [-0.15, -0.1) is 0 Å². The van der Waals surface area contributed by atoms with Crippen LogP contribution in [0, 0.1) is 0 Å². The molecule has 2 heteroatoms. The SMILES string of the molecule is CCCCCC1(c2ccccc2)CCC(=CN(C)c2ccccc2)C1=O. The minimum Gasteiger partial charge on any atom is -0.351 e. The van der Waals surface area contributed by atoms with E-state index < -0.39 is 0 Å². The molecule has 0 N–H and O–H groups in total. The molecule has 1 aliphatic carbocycles. The van der Waals surface area contributed by atoms with Crippen molar-refractivity contribution in [2.45, 2.75) is 50.9 Å². The highest BCUT2D eigenvalue weighted by Gasteiger charge is 2.45. The number of carbonyl (C=O) groups excluding carboxylic acids is 1. The predicted molar refractivity (Wildman–Crippen MR) is 109 cm³/mol. The van der Waals surface area contributed by atoms with Crippen LogP contribution in [0.1, 0.15) is 51.0 Å². The van der Waals surface area contributed by atoms with E-state index in [1.54, 1.807) is 0 Å². The number of allylic oxidation sites excluding steroid dienone is 1. The van der Waals surface area contributed by atoms with Crippen LogP contribution in [-0.2, 0) is 10.2 Å². The summed E-state index contributed by atoms with van der Waals surface area (Å²) in [5.41, 5.74) is 2.92. The molecule has 2 nitrogen and oxygen atoms in total. The van der Waals surface area contributed by atoms with Crippen molar-refractivity contribution in [3.05, 3.63) is 78.0 Å². The predicted octanol–water partition coefficient (Wildman–Crippen LogP) is 5.89. The van der Waals surface area contributed by atoms with Crippen LogP contribution in [0.2, 0.25) is 0 Å². The largest absolute Gasteiger partial charge is 0.351 e. The van der Waals surface area contributed by atoms with Crippen LogP contribution >= 0.6 is 0 Å². The molecule has 2 aromatic carbocycles. The average Bonchev–Trinajstić information content (AvgIpc) is 3.00. The normalized spacial score (nSPS) is 21.3. The van der Waals surface area contributed by atoms with Crippen molar-refractivity contribution in [1.29, 1.82) is 0 Å². The van der Waals surface area contributed by atoms with Gasteiger partial charge in [0.05, 0.1) is 5.41 Å². The zero-order valence-corrected chi connectivity index (χ0v) is 15.9. The van der Waals surface area contributed by atoms with E-state index in [2.05, 4.69) is 48.2 Å². The Balaban J connectivity index is 1.88. The van der Waals surface area contributed by atoms with Gasteiger partial charge in [-0.05, 0) is 37.0 Å². The molecule has 0 amide bonds. The first-order valence-corrected chi connectivity index (χ1v) is 9.76. The van der Waals surface area contributed by atoms with Gasteiger partial charge < -0.3 is 4.90 Å². The Morgan fingerprint density at radius 1 is 1.00 bits per heavy atom. The number of benzene rings is 2. The zero-order valence-electron chi connectivity index (χ0n) is 15.9. The molecule has 0 saturated heterocycles. The molecule has 0 aliphatic heterocycles. The lowest BCUT2D eigenvalue weighted by molar-refractivity contribution is -0.119. The molecule has 1 atom stereocenters. The van der Waals surface area contributed by atoms with Crippen LogP contribution in [-0.4, -0.2) is 12.8 Å². The number of carbonyl (C=O) groups is 1. The molecule has 0 spiro atoms. The van der Waals surface area contributed by atoms with Gasteiger partial charge in [-0.25, -0.2) is 0 Å². The highest BCUT2D eigenvalue weighted by Crippen LogP contribution is 2.45. The number of nitrogens with zero attached hydrogens (tertiary/aromatic N) is 1. The Kier molecular flexibility index (Phi) is 5.92. The molecule has 3 rings (SSSR count). The Morgan fingerprint density at radius 3 is 2.31 bits per heavy atom. The van der Waals surface area contributed by atoms with Crippen molar-refractivity contribution in [1.82, 2.24) is 0 Å². The van der Waals surface area contributed by atoms with Gasteiger partial charge in [0.25, 0.3) is 0 Å². The monoisotopic (exact) mass is 347 g/mol. The van der Waals surface area contributed by atoms with E-state index >= 15 is 0 Å². The lowest BCUT2D eigenvalue weighted by Gasteiger charge is -2.28. The number of rotatable bonds is 7. The number of para-hydroxylation sites is 1. The maximum absolute atomic E-state index is 13.5. The maximum atomic E-state index is 13.5. The number of ketones is 1. The molecule has 1 saturated carbocycles. The second-order valence-corrected chi connectivity index (χ2v) is 7.34. The fourth-order valence-electron chi connectivity index (χ4n) is 4.07. The van der Waals surface area contributed by atoms with E-state index in [0.29, 0.717) is 5.78 Å². The molecule has 1 fully saturated rings. The summed E-state index contributed by atoms with van der Waals surface area (Å²) >= 11 is 0. The van der Waals surface area contributed by atoms with E-state index in [-0.39, 0.29) is 5.41 Å². The Labute approximate surface area is 157 Å². The van der Waals surface area contributed by atoms with Crippen molar-refractivity contribution in [3.63, 3.8) is 0 Å². The van der Waals surface area contributed by atoms with Gasteiger partial charge in [0, 0.05) is 24.5 Å². The minimum atomic E-state index is -0.334. The summed E-state index contributed by atoms with van der Waals surface area (Å²) in [6, 6.07) is 20.6. The number of hydrogen-bond acceptors (Lipinski definition) is 2. The Morgan fingerprint density at radius 2 is 1.65 bits per heavy atom. The van der Waals surface area contributed by atoms with Gasteiger partial charge in [0.2, 0.25) is 0 Å².